The molecule has 6 aromatic carbocycles. The first kappa shape index (κ1) is 75.3. The highest BCUT2D eigenvalue weighted by Crippen LogP contribution is 2.31. The monoisotopic (exact) mass is 1400 g/mol. The van der Waals surface area contributed by atoms with E-state index in [1.165, 1.54) is 38.0 Å². The Kier molecular flexibility index (Phi) is 25.8. The Hall–Kier alpha value is -10.9. The number of benzene rings is 6. The average molecular weight is 1400 g/mol. The van der Waals surface area contributed by atoms with E-state index in [0.717, 1.165) is 41.5 Å². The minimum Gasteiger partial charge on any atom is -0.488 e. The maximum atomic E-state index is 15.2. The second-order valence-corrected chi connectivity index (χ2v) is 26.7. The van der Waals surface area contributed by atoms with Crippen LogP contribution >= 0.6 is 0 Å². The van der Waals surface area contributed by atoms with Crippen LogP contribution < -0.4 is 30.7 Å². The third-order valence-electron chi connectivity index (χ3n) is 18.6. The molecule has 0 aromatic heterocycles. The number of hydrogen-bond acceptors (Lipinski definition) is 16. The smallest absolute Gasteiger partial charge is 0.329 e. The van der Waals surface area contributed by atoms with Crippen molar-refractivity contribution in [1.82, 2.24) is 50.7 Å². The molecule has 3 saturated heterocycles. The van der Waals surface area contributed by atoms with Crippen LogP contribution in [0.3, 0.4) is 0 Å². The molecule has 0 saturated carbocycles. The molecule has 10 amide bonds. The van der Waals surface area contributed by atoms with E-state index in [4.69, 9.17) is 18.9 Å². The van der Waals surface area contributed by atoms with Crippen molar-refractivity contribution in [2.75, 3.05) is 80.7 Å². The number of carbonyl (C=O) groups is 12. The highest BCUT2D eigenvalue weighted by Gasteiger charge is 2.42. The van der Waals surface area contributed by atoms with Gasteiger partial charge in [0.05, 0.1) is 37.3 Å². The normalized spacial score (nSPS) is 21.3. The van der Waals surface area contributed by atoms with Crippen LogP contribution in [0.2, 0.25) is 0 Å². The van der Waals surface area contributed by atoms with Crippen LogP contribution in [-0.2, 0) is 70.6 Å². The summed E-state index contributed by atoms with van der Waals surface area (Å²) in [7, 11) is 5.32. The number of hydrogen-bond donors (Lipinski definition) is 4. The van der Waals surface area contributed by atoms with Crippen LogP contribution in [0.4, 0.5) is 0 Å². The number of carbonyl (C=O) groups excluding carboxylic acids is 12. The molecule has 0 radical (unpaired) electrons. The lowest BCUT2D eigenvalue weighted by molar-refractivity contribution is -0.159. The summed E-state index contributed by atoms with van der Waals surface area (Å²) < 4.78 is 24.4. The molecule has 26 heteroatoms. The van der Waals surface area contributed by atoms with Crippen LogP contribution in [0, 0.1) is 11.8 Å². The lowest BCUT2D eigenvalue weighted by atomic mass is 9.99. The van der Waals surface area contributed by atoms with Gasteiger partial charge in [0, 0.05) is 41.3 Å². The number of amides is 10. The van der Waals surface area contributed by atoms with Gasteiger partial charge < -0.3 is 69.6 Å². The van der Waals surface area contributed by atoms with Crippen molar-refractivity contribution in [2.24, 2.45) is 11.8 Å². The van der Waals surface area contributed by atoms with Gasteiger partial charge in [0.25, 0.3) is 11.8 Å². The van der Waals surface area contributed by atoms with E-state index in [9.17, 15) is 47.9 Å². The zero-order valence-corrected chi connectivity index (χ0v) is 58.8. The van der Waals surface area contributed by atoms with Gasteiger partial charge in [0.1, 0.15) is 74.2 Å². The highest BCUT2D eigenvalue weighted by molar-refractivity contribution is 6.06. The van der Waals surface area contributed by atoms with Crippen LogP contribution in [0.25, 0.3) is 21.5 Å². The van der Waals surface area contributed by atoms with Gasteiger partial charge in [-0.1, -0.05) is 137 Å². The summed E-state index contributed by atoms with van der Waals surface area (Å²) in [6.45, 7) is 2.74. The third kappa shape index (κ3) is 18.9. The van der Waals surface area contributed by atoms with E-state index in [0.29, 0.717) is 36.5 Å². The van der Waals surface area contributed by atoms with E-state index < -0.39 is 158 Å². The number of ether oxygens (including phenoxy) is 4. The summed E-state index contributed by atoms with van der Waals surface area (Å²) >= 11 is 0. The molecule has 0 aliphatic carbocycles. The largest absolute Gasteiger partial charge is 0.488 e. The van der Waals surface area contributed by atoms with Crippen molar-refractivity contribution in [1.29, 1.82) is 0 Å². The Labute approximate surface area is 592 Å². The van der Waals surface area contributed by atoms with Crippen LogP contribution in [0.15, 0.2) is 133 Å². The maximum Gasteiger partial charge on any atom is 0.329 e. The van der Waals surface area contributed by atoms with Crippen LogP contribution in [-0.4, -0.2) is 217 Å². The minimum absolute atomic E-state index is 0.0103. The summed E-state index contributed by atoms with van der Waals surface area (Å²) in [6.07, 6.45) is 2.07. The number of likely N-dealkylation sites (N-methyl/N-ethyl adjacent to an activating group) is 4. The van der Waals surface area contributed by atoms with Crippen molar-refractivity contribution < 1.29 is 76.5 Å². The number of fused-ring (bicyclic) bond motifs is 4. The van der Waals surface area contributed by atoms with Gasteiger partial charge in [-0.2, -0.15) is 0 Å². The van der Waals surface area contributed by atoms with Gasteiger partial charge in [-0.15, -0.1) is 0 Å². The molecule has 540 valence electrons. The van der Waals surface area contributed by atoms with Gasteiger partial charge in [-0.05, 0) is 107 Å². The van der Waals surface area contributed by atoms with E-state index in [-0.39, 0.29) is 61.8 Å². The van der Waals surface area contributed by atoms with Crippen LogP contribution in [0.5, 0.6) is 11.5 Å². The minimum atomic E-state index is -1.66. The second kappa shape index (κ2) is 34.9. The molecule has 0 spiro atoms. The summed E-state index contributed by atoms with van der Waals surface area (Å²) in [6, 6.07) is 31.3. The Morgan fingerprint density at radius 3 is 1.17 bits per heavy atom. The van der Waals surface area contributed by atoms with Crippen molar-refractivity contribution in [3.63, 3.8) is 0 Å². The van der Waals surface area contributed by atoms with Crippen molar-refractivity contribution in [3.8, 4) is 11.5 Å². The fraction of sp³-hybridized carbons (Fsp3) is 0.421. The first-order valence-electron chi connectivity index (χ1n) is 34.4. The summed E-state index contributed by atoms with van der Waals surface area (Å²) in [4.78, 5) is 181. The third-order valence-corrected chi connectivity index (χ3v) is 18.6. The maximum absolute atomic E-state index is 15.2. The molecule has 9 rings (SSSR count). The van der Waals surface area contributed by atoms with E-state index in [1.54, 1.807) is 76.2 Å². The molecule has 3 aliphatic heterocycles. The number of cyclic esters (lactones) is 2. The molecule has 6 atom stereocenters. The van der Waals surface area contributed by atoms with Gasteiger partial charge in [-0.3, -0.25) is 47.9 Å². The zero-order chi connectivity index (χ0) is 73.3. The Morgan fingerprint density at radius 2 is 0.814 bits per heavy atom. The molecule has 3 aliphatic rings. The second-order valence-electron chi connectivity index (χ2n) is 26.7. The number of nitrogens with one attached hydrogen (secondary N) is 4. The Bertz CT molecular complexity index is 3820. The fourth-order valence-corrected chi connectivity index (χ4v) is 12.9. The number of rotatable bonds is 12. The number of esters is 2. The molecule has 0 bridgehead atoms. The van der Waals surface area contributed by atoms with E-state index >= 15 is 9.59 Å². The van der Waals surface area contributed by atoms with E-state index in [2.05, 4.69) is 21.3 Å². The summed E-state index contributed by atoms with van der Waals surface area (Å²) in [5.74, 6) is -10.5. The Morgan fingerprint density at radius 1 is 0.471 bits per heavy atom. The number of nitrogens with zero attached hydrogens (tertiary/aromatic N) is 6. The standard InChI is InChI=1S/C76H90N10O16/c1-47(2)67-75(97)101-45-57(79-69(91)55-35-51-27-15-17-29-53(51)37-61(55)99-43-49-23-11-9-12-24-49)73(95)85-33-21-19-31-59(85)71(93)78-40-64(88)82(6)42-66(90)84(8)68(48(3)4)76(98)102-46-58(74(96)86-34-22-20-32-60(86)72(94)77-39-63(87)81(5)41-65(89)83(67)7)80-70(92)56-36-52-28-16-18-30-54(52)38-62(56)100-44-50-25-13-10-14-26-50/h9-18,23-30,35-38,47-48,57-60,67-68H,19-22,31-34,39-46H2,1-8H3,(H,77,94)(H,78,93)(H,79,91)(H,80,92)/t57-,58-,59+,60+,67+,68+/m1/s1. The molecule has 3 fully saturated rings. The van der Waals surface area contributed by atoms with Gasteiger partial charge in [0.2, 0.25) is 47.3 Å². The topological polar surface area (TPSA) is 309 Å². The molecule has 4 N–H and O–H groups in total. The quantitative estimate of drug-likeness (QED) is 0.117. The molecule has 3 heterocycles. The fourth-order valence-electron chi connectivity index (χ4n) is 12.9. The Balaban J connectivity index is 0.996. The van der Waals surface area contributed by atoms with E-state index in [1.807, 2.05) is 84.9 Å². The first-order chi connectivity index (χ1) is 48.9. The average Bonchev–Trinajstić information content (AvgIpc) is 0.804. The zero-order valence-electron chi connectivity index (χ0n) is 58.8. The number of piperidine rings is 2. The highest BCUT2D eigenvalue weighted by atomic mass is 16.5. The molecule has 6 aromatic rings. The van der Waals surface area contributed by atoms with Crippen molar-refractivity contribution in [3.05, 3.63) is 156 Å². The molecule has 26 nitrogen and oxygen atoms in total. The molecule has 0 unspecified atom stereocenters. The molecular weight excluding hydrogens is 1310 g/mol. The van der Waals surface area contributed by atoms with Gasteiger partial charge >= 0.3 is 11.9 Å². The van der Waals surface area contributed by atoms with Crippen LogP contribution in [0.1, 0.15) is 98.1 Å². The predicted octanol–water partition coefficient (Wildman–Crippen LogP) is 5.03. The van der Waals surface area contributed by atoms with Gasteiger partial charge in [0.15, 0.2) is 0 Å². The SMILES string of the molecule is CC(C)[C@H]1C(=O)OC[C@@H](NC(=O)c2cc3ccccc3cc2OCc2ccccc2)C(=O)N2CCCC[C@H]2C(=O)NCC(=O)N(C)CC(=O)N(C)[C@@H](C(C)C)C(=O)OC[C@@H](NC(=O)c2cc3ccccc3cc2OCc2ccccc2)C(=O)N2CCCC[C@H]2C(=O)NCC(=O)N(C)CC(=O)N1C. The van der Waals surface area contributed by atoms with Crippen molar-refractivity contribution >= 4 is 92.6 Å². The van der Waals surface area contributed by atoms with Gasteiger partial charge in [-0.25, -0.2) is 9.59 Å². The summed E-state index contributed by atoms with van der Waals surface area (Å²) in [5.41, 5.74) is 1.68. The summed E-state index contributed by atoms with van der Waals surface area (Å²) in [5, 5.41) is 13.6. The molecule has 102 heavy (non-hydrogen) atoms. The lowest BCUT2D eigenvalue weighted by Gasteiger charge is -2.37. The predicted molar refractivity (Wildman–Crippen MR) is 377 cm³/mol. The van der Waals surface area contributed by atoms with Crippen molar-refractivity contribution in [2.45, 2.75) is 116 Å². The molecular formula is C76H90N10O16. The lowest BCUT2D eigenvalue weighted by Crippen LogP contribution is -2.59. The first-order valence-corrected chi connectivity index (χ1v) is 34.4.